The van der Waals surface area contributed by atoms with Crippen LogP contribution in [0.25, 0.3) is 10.2 Å². The number of benzene rings is 1. The van der Waals surface area contributed by atoms with Gasteiger partial charge in [0.2, 0.25) is 5.95 Å². The van der Waals surface area contributed by atoms with Crippen LogP contribution in [0, 0.1) is 5.82 Å². The number of aryl methyl sites for hydroxylation is 2. The van der Waals surface area contributed by atoms with E-state index in [0.29, 0.717) is 5.95 Å². The van der Waals surface area contributed by atoms with Gasteiger partial charge in [0.25, 0.3) is 5.56 Å². The lowest BCUT2D eigenvalue weighted by atomic mass is 9.97. The zero-order valence-electron chi connectivity index (χ0n) is 12.8. The second-order valence-corrected chi connectivity index (χ2v) is 6.81. The van der Waals surface area contributed by atoms with Crippen molar-refractivity contribution in [1.29, 1.82) is 0 Å². The zero-order chi connectivity index (χ0) is 16.5. The number of anilines is 1. The van der Waals surface area contributed by atoms with Crippen LogP contribution in [0.2, 0.25) is 0 Å². The van der Waals surface area contributed by atoms with Crippen molar-refractivity contribution in [1.82, 2.24) is 9.97 Å². The van der Waals surface area contributed by atoms with Gasteiger partial charge in [0.1, 0.15) is 10.6 Å². The maximum atomic E-state index is 12.9. The fraction of sp³-hybridized carbons (Fsp3) is 0.235. The monoisotopic (exact) mass is 342 g/mol. The smallest absolute Gasteiger partial charge is 0.261 e. The van der Waals surface area contributed by atoms with E-state index in [9.17, 15) is 9.18 Å². The molecule has 0 atom stereocenters. The van der Waals surface area contributed by atoms with Gasteiger partial charge in [-0.15, -0.1) is 11.3 Å². The molecular formula is C17H15FN4OS. The Bertz CT molecular complexity index is 975. The summed E-state index contributed by atoms with van der Waals surface area (Å²) < 4.78 is 12.9. The van der Waals surface area contributed by atoms with E-state index in [2.05, 4.69) is 20.5 Å². The lowest BCUT2D eigenvalue weighted by molar-refractivity contribution is 0.628. The highest BCUT2D eigenvalue weighted by molar-refractivity contribution is 7.18. The van der Waals surface area contributed by atoms with E-state index in [1.165, 1.54) is 23.4 Å². The second-order valence-electron chi connectivity index (χ2n) is 5.73. The number of nitrogens with zero attached hydrogens (tertiary/aromatic N) is 2. The summed E-state index contributed by atoms with van der Waals surface area (Å²) in [4.78, 5) is 21.6. The highest BCUT2D eigenvalue weighted by Gasteiger charge is 2.19. The summed E-state index contributed by atoms with van der Waals surface area (Å²) in [6.07, 6.45) is 5.82. The molecule has 7 heteroatoms. The molecule has 0 saturated carbocycles. The lowest BCUT2D eigenvalue weighted by Crippen LogP contribution is -2.12. The Labute approximate surface area is 141 Å². The topological polar surface area (TPSA) is 70.1 Å². The van der Waals surface area contributed by atoms with E-state index in [1.54, 1.807) is 29.7 Å². The van der Waals surface area contributed by atoms with Crippen LogP contribution < -0.4 is 11.0 Å². The van der Waals surface area contributed by atoms with Crippen molar-refractivity contribution in [3.63, 3.8) is 0 Å². The molecule has 1 aliphatic carbocycles. The summed E-state index contributed by atoms with van der Waals surface area (Å²) in [6.45, 7) is 0. The predicted octanol–water partition coefficient (Wildman–Crippen LogP) is 3.45. The number of hydrogen-bond acceptors (Lipinski definition) is 5. The molecule has 0 aliphatic heterocycles. The van der Waals surface area contributed by atoms with Gasteiger partial charge >= 0.3 is 0 Å². The number of fused-ring (bicyclic) bond motifs is 3. The Morgan fingerprint density at radius 1 is 1.25 bits per heavy atom. The van der Waals surface area contributed by atoms with Crippen LogP contribution in [0.5, 0.6) is 0 Å². The molecule has 0 saturated heterocycles. The van der Waals surface area contributed by atoms with Crippen molar-refractivity contribution in [3.8, 4) is 0 Å². The molecule has 3 aromatic rings. The molecule has 24 heavy (non-hydrogen) atoms. The largest absolute Gasteiger partial charge is 0.291 e. The van der Waals surface area contributed by atoms with Gasteiger partial charge in [0, 0.05) is 4.88 Å². The molecule has 0 radical (unpaired) electrons. The molecule has 122 valence electrons. The summed E-state index contributed by atoms with van der Waals surface area (Å²) in [5.41, 5.74) is 4.52. The fourth-order valence-electron chi connectivity index (χ4n) is 2.93. The van der Waals surface area contributed by atoms with E-state index in [1.807, 2.05) is 0 Å². The van der Waals surface area contributed by atoms with E-state index >= 15 is 0 Å². The predicted molar refractivity (Wildman–Crippen MR) is 94.5 cm³/mol. The van der Waals surface area contributed by atoms with Gasteiger partial charge < -0.3 is 0 Å². The number of aromatic amines is 1. The zero-order valence-corrected chi connectivity index (χ0v) is 13.6. The number of aromatic nitrogens is 2. The third-order valence-electron chi connectivity index (χ3n) is 4.08. The molecule has 0 unspecified atom stereocenters. The van der Waals surface area contributed by atoms with Crippen LogP contribution in [0.3, 0.4) is 0 Å². The lowest BCUT2D eigenvalue weighted by Gasteiger charge is -2.09. The van der Waals surface area contributed by atoms with Gasteiger partial charge in [0.05, 0.1) is 11.6 Å². The quantitative estimate of drug-likeness (QED) is 0.566. The molecule has 0 bridgehead atoms. The number of hydrazone groups is 1. The molecule has 4 rings (SSSR count). The maximum absolute atomic E-state index is 12.9. The standard InChI is InChI=1S/C17H15FN4OS/c18-11-7-5-10(6-8-11)9-19-22-17-20-15(23)14-12-3-1-2-4-13(12)24-16(14)21-17/h5-9H,1-4H2,(H2,20,21,22,23)/b19-9-. The average Bonchev–Trinajstić information content (AvgIpc) is 2.95. The van der Waals surface area contributed by atoms with Gasteiger partial charge in [0.15, 0.2) is 0 Å². The number of hydrogen-bond donors (Lipinski definition) is 2. The van der Waals surface area contributed by atoms with E-state index in [0.717, 1.165) is 40.6 Å². The number of H-pyrrole nitrogens is 1. The third kappa shape index (κ3) is 2.82. The first-order valence-corrected chi connectivity index (χ1v) is 8.61. The van der Waals surface area contributed by atoms with Crippen molar-refractivity contribution in [3.05, 3.63) is 56.4 Å². The minimum absolute atomic E-state index is 0.126. The first kappa shape index (κ1) is 15.0. The summed E-state index contributed by atoms with van der Waals surface area (Å²) in [7, 11) is 0. The van der Waals surface area contributed by atoms with Gasteiger partial charge in [-0.1, -0.05) is 12.1 Å². The molecule has 5 nitrogen and oxygen atoms in total. The SMILES string of the molecule is O=c1[nH]c(N/N=C\c2ccc(F)cc2)nc2sc3c(c12)CCCC3. The first-order valence-electron chi connectivity index (χ1n) is 7.80. The van der Waals surface area contributed by atoms with Crippen LogP contribution in [0.1, 0.15) is 28.8 Å². The Kier molecular flexibility index (Phi) is 3.86. The molecule has 1 aliphatic rings. The molecule has 0 spiro atoms. The van der Waals surface area contributed by atoms with E-state index in [-0.39, 0.29) is 11.4 Å². The summed E-state index contributed by atoms with van der Waals surface area (Å²) >= 11 is 1.59. The van der Waals surface area contributed by atoms with Gasteiger partial charge in [-0.3, -0.25) is 9.78 Å². The van der Waals surface area contributed by atoms with Crippen molar-refractivity contribution >= 4 is 33.7 Å². The Morgan fingerprint density at radius 3 is 2.88 bits per heavy atom. The molecule has 2 heterocycles. The fourth-order valence-corrected chi connectivity index (χ4v) is 4.20. The van der Waals surface area contributed by atoms with Gasteiger partial charge in [-0.05, 0) is 48.9 Å². The van der Waals surface area contributed by atoms with Crippen molar-refractivity contribution < 1.29 is 4.39 Å². The average molecular weight is 342 g/mol. The van der Waals surface area contributed by atoms with Crippen LogP contribution in [0.15, 0.2) is 34.2 Å². The van der Waals surface area contributed by atoms with Crippen LogP contribution in [-0.4, -0.2) is 16.2 Å². The normalized spacial score (nSPS) is 14.2. The number of rotatable bonds is 3. The molecule has 2 N–H and O–H groups in total. The minimum atomic E-state index is -0.293. The number of thiophene rings is 1. The number of nitrogens with one attached hydrogen (secondary N) is 2. The van der Waals surface area contributed by atoms with Crippen molar-refractivity contribution in [2.45, 2.75) is 25.7 Å². The molecular weight excluding hydrogens is 327 g/mol. The summed E-state index contributed by atoms with van der Waals surface area (Å²) in [6, 6.07) is 5.97. The van der Waals surface area contributed by atoms with Crippen LogP contribution in [0.4, 0.5) is 10.3 Å². The Balaban J connectivity index is 1.61. The Morgan fingerprint density at radius 2 is 2.04 bits per heavy atom. The van der Waals surface area contributed by atoms with Gasteiger partial charge in [-0.25, -0.2) is 14.8 Å². The third-order valence-corrected chi connectivity index (χ3v) is 5.26. The highest BCUT2D eigenvalue weighted by Crippen LogP contribution is 2.33. The number of halogens is 1. The maximum Gasteiger partial charge on any atom is 0.261 e. The molecule has 0 amide bonds. The van der Waals surface area contributed by atoms with E-state index in [4.69, 9.17) is 0 Å². The molecule has 1 aromatic carbocycles. The van der Waals surface area contributed by atoms with Crippen LogP contribution in [-0.2, 0) is 12.8 Å². The molecule has 2 aromatic heterocycles. The summed E-state index contributed by atoms with van der Waals surface area (Å²) in [5, 5.41) is 4.77. The van der Waals surface area contributed by atoms with Crippen molar-refractivity contribution in [2.75, 3.05) is 5.43 Å². The minimum Gasteiger partial charge on any atom is -0.291 e. The van der Waals surface area contributed by atoms with Crippen molar-refractivity contribution in [2.24, 2.45) is 5.10 Å². The first-order chi connectivity index (χ1) is 11.7. The van der Waals surface area contributed by atoms with Crippen LogP contribution >= 0.6 is 11.3 Å². The highest BCUT2D eigenvalue weighted by atomic mass is 32.1. The Hall–Kier alpha value is -2.54. The molecule has 0 fully saturated rings. The second kappa shape index (κ2) is 6.16. The summed E-state index contributed by atoms with van der Waals surface area (Å²) in [5.74, 6) is 0.0164. The van der Waals surface area contributed by atoms with Gasteiger partial charge in [-0.2, -0.15) is 5.10 Å². The van der Waals surface area contributed by atoms with E-state index < -0.39 is 0 Å².